The molecule has 1 rings (SSSR count). The average Bonchev–Trinajstić information content (AvgIpc) is 2.03. The van der Waals surface area contributed by atoms with Gasteiger partial charge in [-0.05, 0) is 28.1 Å². The summed E-state index contributed by atoms with van der Waals surface area (Å²) >= 11 is 3.06. The smallest absolute Gasteiger partial charge is 0.354 e. The van der Waals surface area contributed by atoms with Gasteiger partial charge in [-0.15, -0.1) is 0 Å². The molecule has 0 unspecified atom stereocenters. The van der Waals surface area contributed by atoms with Crippen molar-refractivity contribution in [3.05, 3.63) is 28.5 Å². The standard InChI is InChI=1S/C6H4BrNO2.C2H5NO/c7-5-3-1-2-4(8-5)6(9)10;1-2(3)4/h1-3H,(H,9,10);1H3,(H2,3,4). The van der Waals surface area contributed by atoms with Gasteiger partial charge in [0.25, 0.3) is 0 Å². The van der Waals surface area contributed by atoms with Crippen LogP contribution in [0.1, 0.15) is 17.4 Å². The molecule has 1 heterocycles. The Morgan fingerprint density at radius 3 is 2.29 bits per heavy atom. The summed E-state index contributed by atoms with van der Waals surface area (Å²) in [6, 6.07) is 4.74. The van der Waals surface area contributed by atoms with Crippen LogP contribution in [0, 0.1) is 0 Å². The number of halogens is 1. The number of pyridine rings is 1. The number of amides is 1. The summed E-state index contributed by atoms with van der Waals surface area (Å²) < 4.78 is 0.535. The lowest BCUT2D eigenvalue weighted by Gasteiger charge is -1.91. The fourth-order valence-electron chi connectivity index (χ4n) is 0.527. The van der Waals surface area contributed by atoms with Gasteiger partial charge in [-0.3, -0.25) is 4.79 Å². The van der Waals surface area contributed by atoms with Crippen LogP contribution in [0.25, 0.3) is 0 Å². The number of carboxylic acids is 1. The summed E-state index contributed by atoms with van der Waals surface area (Å²) in [6.45, 7) is 1.31. The molecule has 1 aromatic rings. The van der Waals surface area contributed by atoms with Gasteiger partial charge in [0.15, 0.2) is 0 Å². The molecule has 0 spiro atoms. The number of hydrogen-bond donors (Lipinski definition) is 2. The second kappa shape index (κ2) is 6.09. The molecule has 0 atom stereocenters. The van der Waals surface area contributed by atoms with Crippen LogP contribution in [0.3, 0.4) is 0 Å². The number of nitrogens with two attached hydrogens (primary N) is 1. The Bertz CT molecular complexity index is 337. The van der Waals surface area contributed by atoms with Crippen molar-refractivity contribution in [1.29, 1.82) is 0 Å². The molecule has 0 saturated carbocycles. The molecule has 0 aliphatic heterocycles. The average molecular weight is 261 g/mol. The van der Waals surface area contributed by atoms with Crippen molar-refractivity contribution in [3.8, 4) is 0 Å². The molecule has 1 amide bonds. The van der Waals surface area contributed by atoms with Crippen molar-refractivity contribution in [3.63, 3.8) is 0 Å². The molecular weight excluding hydrogens is 252 g/mol. The Balaban J connectivity index is 0.000000364. The number of carbonyl (C=O) groups is 2. The second-order valence-corrected chi connectivity index (χ2v) is 3.07. The second-order valence-electron chi connectivity index (χ2n) is 2.26. The Kier molecular flexibility index (Phi) is 5.47. The van der Waals surface area contributed by atoms with Crippen LogP contribution in [-0.2, 0) is 4.79 Å². The number of nitrogens with zero attached hydrogens (tertiary/aromatic N) is 1. The number of rotatable bonds is 1. The SMILES string of the molecule is CC(N)=O.O=C(O)c1cccc(Br)n1. The zero-order valence-corrected chi connectivity index (χ0v) is 8.98. The Hall–Kier alpha value is -1.43. The molecule has 3 N–H and O–H groups in total. The van der Waals surface area contributed by atoms with Crippen molar-refractivity contribution < 1.29 is 14.7 Å². The van der Waals surface area contributed by atoms with Crippen LogP contribution < -0.4 is 5.73 Å². The minimum Gasteiger partial charge on any atom is -0.477 e. The van der Waals surface area contributed by atoms with E-state index in [4.69, 9.17) is 5.11 Å². The van der Waals surface area contributed by atoms with Crippen LogP contribution in [0.5, 0.6) is 0 Å². The topological polar surface area (TPSA) is 93.3 Å². The molecule has 0 saturated heterocycles. The van der Waals surface area contributed by atoms with E-state index in [0.29, 0.717) is 4.60 Å². The molecule has 1 aromatic heterocycles. The molecule has 0 bridgehead atoms. The summed E-state index contributed by atoms with van der Waals surface area (Å²) in [6.07, 6.45) is 0. The number of primary amides is 1. The Morgan fingerprint density at radius 1 is 1.50 bits per heavy atom. The van der Waals surface area contributed by atoms with E-state index < -0.39 is 5.97 Å². The summed E-state index contributed by atoms with van der Waals surface area (Å²) in [5.41, 5.74) is 4.52. The van der Waals surface area contributed by atoms with E-state index >= 15 is 0 Å². The molecule has 0 aliphatic carbocycles. The molecular formula is C8H9BrN2O3. The first kappa shape index (κ1) is 12.6. The van der Waals surface area contributed by atoms with Crippen molar-refractivity contribution in [2.24, 2.45) is 5.73 Å². The first-order chi connectivity index (χ1) is 6.43. The summed E-state index contributed by atoms with van der Waals surface area (Å²) in [5.74, 6) is -1.35. The molecule has 6 heteroatoms. The van der Waals surface area contributed by atoms with Gasteiger partial charge in [0.05, 0.1) is 0 Å². The molecule has 0 aromatic carbocycles. The van der Waals surface area contributed by atoms with E-state index in [0.717, 1.165) is 0 Å². The zero-order chi connectivity index (χ0) is 11.1. The highest BCUT2D eigenvalue weighted by Gasteiger charge is 2.02. The van der Waals surface area contributed by atoms with Crippen LogP contribution in [0.15, 0.2) is 22.8 Å². The van der Waals surface area contributed by atoms with E-state index in [-0.39, 0.29) is 11.6 Å². The quantitative estimate of drug-likeness (QED) is 0.738. The highest BCUT2D eigenvalue weighted by molar-refractivity contribution is 9.10. The monoisotopic (exact) mass is 260 g/mol. The minimum absolute atomic E-state index is 0.0503. The van der Waals surface area contributed by atoms with E-state index in [1.807, 2.05) is 0 Å². The van der Waals surface area contributed by atoms with E-state index in [2.05, 4.69) is 26.6 Å². The third-order valence-corrected chi connectivity index (χ3v) is 1.38. The summed E-state index contributed by atoms with van der Waals surface area (Å²) in [4.78, 5) is 23.2. The lowest BCUT2D eigenvalue weighted by atomic mass is 10.4. The van der Waals surface area contributed by atoms with Gasteiger partial charge in [0.1, 0.15) is 10.3 Å². The van der Waals surface area contributed by atoms with Gasteiger partial charge in [-0.1, -0.05) is 6.07 Å². The van der Waals surface area contributed by atoms with Crippen LogP contribution in [0.2, 0.25) is 0 Å². The number of aromatic carboxylic acids is 1. The van der Waals surface area contributed by atoms with Gasteiger partial charge in [-0.25, -0.2) is 9.78 Å². The predicted octanol–water partition coefficient (Wildman–Crippen LogP) is 1.03. The van der Waals surface area contributed by atoms with Gasteiger partial charge in [0, 0.05) is 6.92 Å². The third-order valence-electron chi connectivity index (χ3n) is 0.934. The molecule has 0 fully saturated rings. The first-order valence-corrected chi connectivity index (χ1v) is 4.34. The van der Waals surface area contributed by atoms with Gasteiger partial charge >= 0.3 is 5.97 Å². The van der Waals surface area contributed by atoms with E-state index in [9.17, 15) is 9.59 Å². The molecule has 76 valence electrons. The predicted molar refractivity (Wildman–Crippen MR) is 53.8 cm³/mol. The molecule has 14 heavy (non-hydrogen) atoms. The normalized spacial score (nSPS) is 8.43. The Labute approximate surface area is 89.1 Å². The highest BCUT2D eigenvalue weighted by atomic mass is 79.9. The number of hydrogen-bond acceptors (Lipinski definition) is 3. The third kappa shape index (κ3) is 6.13. The molecule has 0 aliphatic rings. The van der Waals surface area contributed by atoms with Crippen LogP contribution in [0.4, 0.5) is 0 Å². The number of aromatic nitrogens is 1. The van der Waals surface area contributed by atoms with Crippen LogP contribution in [-0.4, -0.2) is 22.0 Å². The number of carboxylic acid groups (broad SMARTS) is 1. The number of carbonyl (C=O) groups excluding carboxylic acids is 1. The van der Waals surface area contributed by atoms with Gasteiger partial charge < -0.3 is 10.8 Å². The minimum atomic E-state index is -1.01. The van der Waals surface area contributed by atoms with Crippen molar-refractivity contribution in [2.45, 2.75) is 6.92 Å². The summed E-state index contributed by atoms with van der Waals surface area (Å²) in [7, 11) is 0. The fraction of sp³-hybridized carbons (Fsp3) is 0.125. The van der Waals surface area contributed by atoms with Crippen molar-refractivity contribution in [2.75, 3.05) is 0 Å². The lowest BCUT2D eigenvalue weighted by Crippen LogP contribution is -2.01. The van der Waals surface area contributed by atoms with Gasteiger partial charge in [-0.2, -0.15) is 0 Å². The molecule has 0 radical (unpaired) electrons. The molecule has 5 nitrogen and oxygen atoms in total. The van der Waals surface area contributed by atoms with Crippen molar-refractivity contribution in [1.82, 2.24) is 4.98 Å². The maximum atomic E-state index is 10.3. The maximum absolute atomic E-state index is 10.3. The van der Waals surface area contributed by atoms with E-state index in [1.165, 1.54) is 13.0 Å². The maximum Gasteiger partial charge on any atom is 0.354 e. The van der Waals surface area contributed by atoms with E-state index in [1.54, 1.807) is 12.1 Å². The largest absolute Gasteiger partial charge is 0.477 e. The first-order valence-electron chi connectivity index (χ1n) is 3.55. The highest BCUT2D eigenvalue weighted by Crippen LogP contribution is 2.05. The van der Waals surface area contributed by atoms with Crippen molar-refractivity contribution >= 4 is 27.8 Å². The van der Waals surface area contributed by atoms with Crippen LogP contribution >= 0.6 is 15.9 Å². The Morgan fingerprint density at radius 2 is 2.00 bits per heavy atom. The van der Waals surface area contributed by atoms with Gasteiger partial charge in [0.2, 0.25) is 5.91 Å². The fourth-order valence-corrected chi connectivity index (χ4v) is 0.871. The zero-order valence-electron chi connectivity index (χ0n) is 7.40. The summed E-state index contributed by atoms with van der Waals surface area (Å²) in [5, 5.41) is 8.43. The lowest BCUT2D eigenvalue weighted by molar-refractivity contribution is -0.115.